The van der Waals surface area contributed by atoms with Crippen LogP contribution in [0.2, 0.25) is 0 Å². The number of hydrogen-bond donors (Lipinski definition) is 2. The minimum Gasteiger partial charge on any atom is -0.459 e. The Bertz CT molecular complexity index is 953. The Labute approximate surface area is 210 Å². The van der Waals surface area contributed by atoms with Crippen molar-refractivity contribution in [3.8, 4) is 0 Å². The van der Waals surface area contributed by atoms with E-state index >= 15 is 0 Å². The van der Waals surface area contributed by atoms with Crippen LogP contribution in [-0.2, 0) is 11.3 Å². The summed E-state index contributed by atoms with van der Waals surface area (Å²) in [5.74, 6) is 3.86. The molecule has 1 aliphatic carbocycles. The number of carbonyl (C=O) groups is 1. The van der Waals surface area contributed by atoms with Crippen LogP contribution in [0.4, 0.5) is 4.39 Å². The van der Waals surface area contributed by atoms with Crippen molar-refractivity contribution in [3.05, 3.63) is 35.3 Å². The van der Waals surface area contributed by atoms with Gasteiger partial charge in [0.15, 0.2) is 5.96 Å². The molecule has 1 saturated heterocycles. The summed E-state index contributed by atoms with van der Waals surface area (Å²) in [6.45, 7) is 4.21. The molecule has 0 spiro atoms. The Morgan fingerprint density at radius 2 is 1.97 bits per heavy atom. The second-order valence-electron chi connectivity index (χ2n) is 8.35. The van der Waals surface area contributed by atoms with Gasteiger partial charge >= 0.3 is 0 Å². The van der Waals surface area contributed by atoms with Crippen LogP contribution in [0.15, 0.2) is 27.6 Å². The third-order valence-corrected chi connectivity index (χ3v) is 7.32. The van der Waals surface area contributed by atoms with Gasteiger partial charge in [0, 0.05) is 54.6 Å². The first-order valence-electron chi connectivity index (χ1n) is 11.1. The number of thioether (sulfide) groups is 1. The van der Waals surface area contributed by atoms with Gasteiger partial charge in [-0.25, -0.2) is 4.39 Å². The zero-order valence-corrected chi connectivity index (χ0v) is 21.8. The molecule has 2 heterocycles. The molecular weight excluding hydrogens is 542 g/mol. The maximum absolute atomic E-state index is 13.5. The van der Waals surface area contributed by atoms with Crippen LogP contribution in [0.25, 0.3) is 11.0 Å². The van der Waals surface area contributed by atoms with Gasteiger partial charge in [-0.15, -0.1) is 24.0 Å². The van der Waals surface area contributed by atoms with Crippen molar-refractivity contribution in [1.82, 2.24) is 15.5 Å². The fourth-order valence-corrected chi connectivity index (χ4v) is 5.39. The average molecular weight is 575 g/mol. The summed E-state index contributed by atoms with van der Waals surface area (Å²) in [6.07, 6.45) is 3.77. The van der Waals surface area contributed by atoms with Crippen molar-refractivity contribution in [2.45, 2.75) is 45.2 Å². The molecule has 176 valence electrons. The van der Waals surface area contributed by atoms with Crippen molar-refractivity contribution >= 4 is 58.6 Å². The lowest BCUT2D eigenvalue weighted by molar-refractivity contribution is -0.136. The maximum atomic E-state index is 13.5. The summed E-state index contributed by atoms with van der Waals surface area (Å²) in [4.78, 5) is 19.1. The molecule has 6 nitrogen and oxygen atoms in total. The van der Waals surface area contributed by atoms with E-state index in [1.807, 2.05) is 18.7 Å². The first kappa shape index (κ1) is 25.1. The molecule has 1 aromatic carbocycles. The summed E-state index contributed by atoms with van der Waals surface area (Å²) >= 11 is 1.93. The highest BCUT2D eigenvalue weighted by atomic mass is 127. The number of halogens is 2. The van der Waals surface area contributed by atoms with Gasteiger partial charge in [0.05, 0.1) is 6.54 Å². The smallest absolute Gasteiger partial charge is 0.225 e. The van der Waals surface area contributed by atoms with Gasteiger partial charge in [0.25, 0.3) is 0 Å². The molecule has 2 N–H and O–H groups in total. The normalized spacial score (nSPS) is 21.8. The minimum absolute atomic E-state index is 0. The molecule has 9 heteroatoms. The number of fused-ring (bicyclic) bond motifs is 1. The third-order valence-electron chi connectivity index (χ3n) is 6.38. The fourth-order valence-electron chi connectivity index (χ4n) is 4.49. The molecular formula is C23H32FIN4O2S. The Kier molecular flexibility index (Phi) is 9.10. The van der Waals surface area contributed by atoms with Crippen molar-refractivity contribution in [3.63, 3.8) is 0 Å². The first-order valence-corrected chi connectivity index (χ1v) is 12.2. The Morgan fingerprint density at radius 1 is 1.25 bits per heavy atom. The van der Waals surface area contributed by atoms with Crippen LogP contribution in [0.5, 0.6) is 0 Å². The number of nitrogens with zero attached hydrogens (tertiary/aromatic N) is 2. The molecule has 32 heavy (non-hydrogen) atoms. The van der Waals surface area contributed by atoms with E-state index in [1.165, 1.54) is 12.1 Å². The molecule has 0 radical (unpaired) electrons. The van der Waals surface area contributed by atoms with E-state index in [-0.39, 0.29) is 35.7 Å². The van der Waals surface area contributed by atoms with E-state index < -0.39 is 0 Å². The SMILES string of the molecule is CN=C(NCc1oc2ccc(F)cc2c1C)NC1CCC(C(=O)N2CCSCC2)CC1.I. The van der Waals surface area contributed by atoms with E-state index in [1.54, 1.807) is 13.1 Å². The molecule has 0 atom stereocenters. The van der Waals surface area contributed by atoms with Gasteiger partial charge in [-0.2, -0.15) is 11.8 Å². The lowest BCUT2D eigenvalue weighted by atomic mass is 9.85. The van der Waals surface area contributed by atoms with E-state index in [0.717, 1.165) is 67.0 Å². The minimum atomic E-state index is -0.262. The Morgan fingerprint density at radius 3 is 2.66 bits per heavy atom. The molecule has 0 unspecified atom stereocenters. The second kappa shape index (κ2) is 11.6. The summed E-state index contributed by atoms with van der Waals surface area (Å²) in [6, 6.07) is 4.89. The maximum Gasteiger partial charge on any atom is 0.225 e. The largest absolute Gasteiger partial charge is 0.459 e. The number of nitrogens with one attached hydrogen (secondary N) is 2. The summed E-state index contributed by atoms with van der Waals surface area (Å²) in [5, 5.41) is 7.60. The van der Waals surface area contributed by atoms with Crippen LogP contribution in [0.3, 0.4) is 0 Å². The molecule has 2 aromatic rings. The number of amides is 1. The monoisotopic (exact) mass is 574 g/mol. The van der Waals surface area contributed by atoms with Crippen LogP contribution >= 0.6 is 35.7 Å². The highest BCUT2D eigenvalue weighted by molar-refractivity contribution is 14.0. The van der Waals surface area contributed by atoms with Crippen LogP contribution in [-0.4, -0.2) is 54.5 Å². The van der Waals surface area contributed by atoms with Gasteiger partial charge in [-0.05, 0) is 50.8 Å². The second-order valence-corrected chi connectivity index (χ2v) is 9.57. The summed E-state index contributed by atoms with van der Waals surface area (Å²) in [5.41, 5.74) is 1.63. The molecule has 1 aromatic heterocycles. The molecule has 1 amide bonds. The topological polar surface area (TPSA) is 69.9 Å². The predicted molar refractivity (Wildman–Crippen MR) is 139 cm³/mol. The quantitative estimate of drug-likeness (QED) is 0.324. The van der Waals surface area contributed by atoms with E-state index in [2.05, 4.69) is 20.5 Å². The van der Waals surface area contributed by atoms with Crippen molar-refractivity contribution < 1.29 is 13.6 Å². The summed E-state index contributed by atoms with van der Waals surface area (Å²) < 4.78 is 19.4. The number of hydrogen-bond acceptors (Lipinski definition) is 4. The zero-order chi connectivity index (χ0) is 21.8. The molecule has 1 saturated carbocycles. The molecule has 2 aliphatic rings. The van der Waals surface area contributed by atoms with E-state index in [4.69, 9.17) is 4.42 Å². The van der Waals surface area contributed by atoms with Gasteiger partial charge < -0.3 is 20.0 Å². The van der Waals surface area contributed by atoms with Crippen LogP contribution < -0.4 is 10.6 Å². The third kappa shape index (κ3) is 5.89. The van der Waals surface area contributed by atoms with Crippen molar-refractivity contribution in [2.24, 2.45) is 10.9 Å². The molecule has 0 bridgehead atoms. The highest BCUT2D eigenvalue weighted by Gasteiger charge is 2.30. The van der Waals surface area contributed by atoms with Crippen molar-refractivity contribution in [1.29, 1.82) is 0 Å². The van der Waals surface area contributed by atoms with Gasteiger partial charge in [-0.3, -0.25) is 9.79 Å². The highest BCUT2D eigenvalue weighted by Crippen LogP contribution is 2.28. The number of benzene rings is 1. The van der Waals surface area contributed by atoms with Crippen LogP contribution in [0, 0.1) is 18.7 Å². The fraction of sp³-hybridized carbons (Fsp3) is 0.565. The molecule has 1 aliphatic heterocycles. The van der Waals surface area contributed by atoms with Crippen LogP contribution in [0.1, 0.15) is 37.0 Å². The number of rotatable bonds is 4. The standard InChI is InChI=1S/C23H31FN4O2S.HI/c1-15-19-13-17(24)5-8-20(19)30-21(15)14-26-23(25-2)27-18-6-3-16(4-7-18)22(29)28-9-11-31-12-10-28;/h5,8,13,16,18H,3-4,6-7,9-12,14H2,1-2H3,(H2,25,26,27);1H. The number of furan rings is 1. The number of guanidine groups is 1. The molecule has 2 fully saturated rings. The Balaban J connectivity index is 0.00000289. The Hall–Kier alpha value is -1.49. The van der Waals surface area contributed by atoms with E-state index in [0.29, 0.717) is 30.0 Å². The van der Waals surface area contributed by atoms with Gasteiger partial charge in [0.1, 0.15) is 17.2 Å². The van der Waals surface area contributed by atoms with Gasteiger partial charge in [0.2, 0.25) is 5.91 Å². The van der Waals surface area contributed by atoms with Crippen molar-refractivity contribution in [2.75, 3.05) is 31.6 Å². The number of aliphatic imine (C=N–C) groups is 1. The van der Waals surface area contributed by atoms with Gasteiger partial charge in [-0.1, -0.05) is 0 Å². The average Bonchev–Trinajstić information content (AvgIpc) is 3.12. The zero-order valence-electron chi connectivity index (χ0n) is 18.7. The molecule has 4 rings (SSSR count). The first-order chi connectivity index (χ1) is 15.0. The lowest BCUT2D eigenvalue weighted by Gasteiger charge is -2.34. The lowest BCUT2D eigenvalue weighted by Crippen LogP contribution is -2.47. The predicted octanol–water partition coefficient (Wildman–Crippen LogP) is 4.30. The number of aryl methyl sites for hydroxylation is 1. The van der Waals surface area contributed by atoms with E-state index in [9.17, 15) is 9.18 Å². The number of carbonyl (C=O) groups excluding carboxylic acids is 1. The summed E-state index contributed by atoms with van der Waals surface area (Å²) in [7, 11) is 1.75.